The van der Waals surface area contributed by atoms with Crippen molar-refractivity contribution in [2.24, 2.45) is 17.8 Å². The molecule has 1 N–H and O–H groups in total. The van der Waals surface area contributed by atoms with E-state index in [1.54, 1.807) is 0 Å². The first-order valence-electron chi connectivity index (χ1n) is 9.75. The highest BCUT2D eigenvalue weighted by atomic mass is 16.2. The fourth-order valence-corrected chi connectivity index (χ4v) is 4.00. The van der Waals surface area contributed by atoms with Gasteiger partial charge in [0, 0.05) is 18.8 Å². The molecule has 3 unspecified atom stereocenters. The van der Waals surface area contributed by atoms with Crippen molar-refractivity contribution < 1.29 is 9.59 Å². The van der Waals surface area contributed by atoms with E-state index in [0.29, 0.717) is 12.3 Å². The van der Waals surface area contributed by atoms with Gasteiger partial charge in [-0.3, -0.25) is 9.59 Å². The van der Waals surface area contributed by atoms with Crippen LogP contribution in [0.4, 0.5) is 5.69 Å². The normalized spacial score (nSPS) is 25.6. The van der Waals surface area contributed by atoms with E-state index in [2.05, 4.69) is 38.2 Å². The zero-order valence-corrected chi connectivity index (χ0v) is 15.7. The Labute approximate surface area is 151 Å². The third-order valence-corrected chi connectivity index (χ3v) is 5.66. The molecule has 0 radical (unpaired) electrons. The van der Waals surface area contributed by atoms with Crippen molar-refractivity contribution in [2.75, 3.05) is 18.4 Å². The van der Waals surface area contributed by atoms with Crippen molar-refractivity contribution >= 4 is 17.5 Å². The number of nitrogens with one attached hydrogen (secondary N) is 1. The monoisotopic (exact) mass is 342 g/mol. The van der Waals surface area contributed by atoms with Gasteiger partial charge in [0.1, 0.15) is 0 Å². The number of piperidine rings is 1. The Kier molecular flexibility index (Phi) is 5.45. The van der Waals surface area contributed by atoms with Gasteiger partial charge in [0.2, 0.25) is 11.8 Å². The molecule has 4 heteroatoms. The summed E-state index contributed by atoms with van der Waals surface area (Å²) in [4.78, 5) is 27.3. The van der Waals surface area contributed by atoms with Gasteiger partial charge in [0.15, 0.2) is 0 Å². The largest absolute Gasteiger partial charge is 0.342 e. The van der Waals surface area contributed by atoms with E-state index < -0.39 is 0 Å². The number of rotatable bonds is 5. The summed E-state index contributed by atoms with van der Waals surface area (Å²) in [5.74, 6) is 0.515. The average Bonchev–Trinajstić information content (AvgIpc) is 3.42. The van der Waals surface area contributed by atoms with Crippen LogP contribution in [0.1, 0.15) is 51.2 Å². The fraction of sp³-hybridized carbons (Fsp3) is 0.619. The van der Waals surface area contributed by atoms with Crippen LogP contribution in [0.3, 0.4) is 0 Å². The molecule has 1 saturated heterocycles. The quantitative estimate of drug-likeness (QED) is 0.888. The lowest BCUT2D eigenvalue weighted by atomic mass is 10.00. The Morgan fingerprint density at radius 2 is 1.84 bits per heavy atom. The van der Waals surface area contributed by atoms with Crippen molar-refractivity contribution in [3.63, 3.8) is 0 Å². The van der Waals surface area contributed by atoms with E-state index >= 15 is 0 Å². The predicted molar refractivity (Wildman–Crippen MR) is 100 cm³/mol. The van der Waals surface area contributed by atoms with Crippen molar-refractivity contribution in [3.8, 4) is 0 Å². The zero-order chi connectivity index (χ0) is 18.0. The number of aryl methyl sites for hydroxylation is 2. The molecule has 1 aliphatic heterocycles. The van der Waals surface area contributed by atoms with E-state index in [1.807, 2.05) is 11.0 Å². The van der Waals surface area contributed by atoms with E-state index in [4.69, 9.17) is 0 Å². The summed E-state index contributed by atoms with van der Waals surface area (Å²) < 4.78 is 0. The third kappa shape index (κ3) is 3.88. The molecule has 2 amide bonds. The van der Waals surface area contributed by atoms with E-state index in [1.165, 1.54) is 17.5 Å². The highest BCUT2D eigenvalue weighted by Gasteiger charge is 2.49. The van der Waals surface area contributed by atoms with Crippen molar-refractivity contribution in [3.05, 3.63) is 29.3 Å². The molecule has 3 atom stereocenters. The molecule has 1 saturated carbocycles. The van der Waals surface area contributed by atoms with E-state index in [0.717, 1.165) is 38.0 Å². The molecule has 25 heavy (non-hydrogen) atoms. The second kappa shape index (κ2) is 7.59. The first-order valence-corrected chi connectivity index (χ1v) is 9.75. The molecule has 136 valence electrons. The number of para-hydroxylation sites is 1. The van der Waals surface area contributed by atoms with Crippen LogP contribution in [-0.2, 0) is 22.4 Å². The molecule has 0 aromatic heterocycles. The highest BCUT2D eigenvalue weighted by Crippen LogP contribution is 2.42. The van der Waals surface area contributed by atoms with Gasteiger partial charge in [-0.05, 0) is 49.1 Å². The summed E-state index contributed by atoms with van der Waals surface area (Å²) in [5, 5.41) is 3.13. The number of benzene rings is 1. The van der Waals surface area contributed by atoms with E-state index in [9.17, 15) is 9.59 Å². The number of carbonyl (C=O) groups is 2. The Hall–Kier alpha value is -1.84. The lowest BCUT2D eigenvalue weighted by Crippen LogP contribution is -2.40. The number of likely N-dealkylation sites (tertiary alicyclic amines) is 1. The van der Waals surface area contributed by atoms with Gasteiger partial charge in [-0.25, -0.2) is 0 Å². The Balaban J connectivity index is 1.63. The molecule has 1 heterocycles. The molecular weight excluding hydrogens is 312 g/mol. The second-order valence-corrected chi connectivity index (χ2v) is 7.63. The summed E-state index contributed by atoms with van der Waals surface area (Å²) in [6.07, 6.45) is 4.77. The average molecular weight is 342 g/mol. The number of amides is 2. The van der Waals surface area contributed by atoms with Crippen LogP contribution in [0.15, 0.2) is 18.2 Å². The zero-order valence-electron chi connectivity index (χ0n) is 15.7. The first-order chi connectivity index (χ1) is 12.0. The minimum Gasteiger partial charge on any atom is -0.342 e. The van der Waals surface area contributed by atoms with Crippen molar-refractivity contribution in [1.82, 2.24) is 4.90 Å². The Morgan fingerprint density at radius 1 is 1.16 bits per heavy atom. The Bertz CT molecular complexity index is 633. The maximum Gasteiger partial charge on any atom is 0.228 e. The number of carbonyl (C=O) groups excluding carboxylic acids is 2. The summed E-state index contributed by atoms with van der Waals surface area (Å²) >= 11 is 0. The smallest absolute Gasteiger partial charge is 0.228 e. The molecule has 2 aliphatic rings. The molecule has 2 fully saturated rings. The van der Waals surface area contributed by atoms with Crippen LogP contribution >= 0.6 is 0 Å². The van der Waals surface area contributed by atoms with Crippen LogP contribution < -0.4 is 5.32 Å². The van der Waals surface area contributed by atoms with Crippen LogP contribution in [0.5, 0.6) is 0 Å². The van der Waals surface area contributed by atoms with Gasteiger partial charge in [-0.15, -0.1) is 0 Å². The summed E-state index contributed by atoms with van der Waals surface area (Å²) in [6.45, 7) is 8.11. The van der Waals surface area contributed by atoms with Gasteiger partial charge >= 0.3 is 0 Å². The Morgan fingerprint density at radius 3 is 2.44 bits per heavy atom. The van der Waals surface area contributed by atoms with Crippen LogP contribution in [0.25, 0.3) is 0 Å². The summed E-state index contributed by atoms with van der Waals surface area (Å²) in [7, 11) is 0. The number of nitrogens with zero attached hydrogens (tertiary/aromatic N) is 1. The molecule has 1 aromatic carbocycles. The summed E-state index contributed by atoms with van der Waals surface area (Å²) in [6, 6.07) is 6.19. The van der Waals surface area contributed by atoms with Gasteiger partial charge < -0.3 is 10.2 Å². The number of hydrogen-bond donors (Lipinski definition) is 1. The highest BCUT2D eigenvalue weighted by molar-refractivity contribution is 6.00. The first kappa shape index (κ1) is 18.0. The molecule has 4 nitrogen and oxygen atoms in total. The maximum absolute atomic E-state index is 12.7. The molecule has 0 bridgehead atoms. The van der Waals surface area contributed by atoms with Crippen LogP contribution in [0.2, 0.25) is 0 Å². The minimum absolute atomic E-state index is 0.0130. The lowest BCUT2D eigenvalue weighted by molar-refractivity contribution is -0.135. The second-order valence-electron chi connectivity index (χ2n) is 7.63. The van der Waals surface area contributed by atoms with Crippen LogP contribution in [-0.4, -0.2) is 29.8 Å². The standard InChI is InChI=1S/C21H30N2O2/c1-4-15-9-6-10-16(5-2)19(15)22-20(24)17-12-18(17)21(25)23-11-7-8-14(3)13-23/h6,9-10,14,17-18H,4-5,7-8,11-13H2,1-3H3,(H,22,24). The minimum atomic E-state index is -0.153. The maximum atomic E-state index is 12.7. The fourth-order valence-electron chi connectivity index (χ4n) is 4.00. The molecule has 0 spiro atoms. The van der Waals surface area contributed by atoms with Crippen molar-refractivity contribution in [2.45, 2.75) is 52.9 Å². The van der Waals surface area contributed by atoms with Crippen LogP contribution in [0, 0.1) is 17.8 Å². The third-order valence-electron chi connectivity index (χ3n) is 5.66. The van der Waals surface area contributed by atoms with Gasteiger partial charge in [0.05, 0.1) is 11.8 Å². The molecule has 3 rings (SSSR count). The molecule has 1 aromatic rings. The SMILES string of the molecule is CCc1cccc(CC)c1NC(=O)C1CC1C(=O)N1CCCC(C)C1. The summed E-state index contributed by atoms with van der Waals surface area (Å²) in [5.41, 5.74) is 3.30. The van der Waals surface area contributed by atoms with Gasteiger partial charge in [-0.1, -0.05) is 39.0 Å². The number of hydrogen-bond acceptors (Lipinski definition) is 2. The van der Waals surface area contributed by atoms with Crippen molar-refractivity contribution in [1.29, 1.82) is 0 Å². The van der Waals surface area contributed by atoms with Gasteiger partial charge in [-0.2, -0.15) is 0 Å². The van der Waals surface area contributed by atoms with Gasteiger partial charge in [0.25, 0.3) is 0 Å². The molecule has 1 aliphatic carbocycles. The lowest BCUT2D eigenvalue weighted by Gasteiger charge is -2.31. The van der Waals surface area contributed by atoms with E-state index in [-0.39, 0.29) is 23.7 Å². The number of anilines is 1. The molecular formula is C21H30N2O2. The predicted octanol–water partition coefficient (Wildman–Crippen LogP) is 3.64. The topological polar surface area (TPSA) is 49.4 Å².